The van der Waals surface area contributed by atoms with E-state index < -0.39 is 6.04 Å². The molecule has 1 atom stereocenters. The Hall–Kier alpha value is -2.35. The van der Waals surface area contributed by atoms with Crippen LogP contribution in [0.5, 0.6) is 0 Å². The Morgan fingerprint density at radius 1 is 1.62 bits per heavy atom. The molecule has 0 radical (unpaired) electrons. The summed E-state index contributed by atoms with van der Waals surface area (Å²) in [6, 6.07) is 0.719. The molecular formula is C12H15ClN6O2. The van der Waals surface area contributed by atoms with E-state index in [1.54, 1.807) is 13.1 Å². The molecule has 9 heteroatoms. The molecule has 0 aliphatic heterocycles. The first-order chi connectivity index (χ1) is 9.95. The first-order valence-corrected chi connectivity index (χ1v) is 6.66. The van der Waals surface area contributed by atoms with Crippen LogP contribution in [-0.2, 0) is 11.2 Å². The molecule has 2 rings (SSSR count). The number of H-pyrrole nitrogens is 1. The number of aromatic amines is 1. The number of hydrogen-bond acceptors (Lipinski definition) is 5. The van der Waals surface area contributed by atoms with Crippen molar-refractivity contribution in [3.8, 4) is 0 Å². The number of nitrogens with one attached hydrogen (secondary N) is 2. The van der Waals surface area contributed by atoms with Crippen molar-refractivity contribution >= 4 is 23.3 Å². The van der Waals surface area contributed by atoms with E-state index in [4.69, 9.17) is 17.3 Å². The van der Waals surface area contributed by atoms with Gasteiger partial charge in [-0.15, -0.1) is 0 Å². The zero-order chi connectivity index (χ0) is 15.4. The van der Waals surface area contributed by atoms with Gasteiger partial charge >= 0.3 is 0 Å². The normalized spacial score (nSPS) is 12.1. The van der Waals surface area contributed by atoms with Gasteiger partial charge in [0.2, 0.25) is 5.91 Å². The lowest BCUT2D eigenvalue weighted by molar-refractivity contribution is -0.124. The minimum Gasteiger partial charge on any atom is -0.383 e. The van der Waals surface area contributed by atoms with Crippen molar-refractivity contribution in [2.75, 3.05) is 12.3 Å². The van der Waals surface area contributed by atoms with Crippen molar-refractivity contribution < 1.29 is 4.79 Å². The summed E-state index contributed by atoms with van der Waals surface area (Å²) in [6.07, 6.45) is 3.41. The minimum atomic E-state index is -0.481. The lowest BCUT2D eigenvalue weighted by atomic mass is 10.3. The first-order valence-electron chi connectivity index (χ1n) is 6.29. The number of amides is 1. The summed E-state index contributed by atoms with van der Waals surface area (Å²) in [6.45, 7) is 2.03. The Balaban J connectivity index is 1.88. The van der Waals surface area contributed by atoms with Gasteiger partial charge in [0.25, 0.3) is 5.56 Å². The second kappa shape index (κ2) is 6.40. The number of aromatic nitrogens is 4. The van der Waals surface area contributed by atoms with Crippen molar-refractivity contribution in [2.24, 2.45) is 0 Å². The third kappa shape index (κ3) is 4.06. The molecule has 21 heavy (non-hydrogen) atoms. The second-order valence-corrected chi connectivity index (χ2v) is 4.91. The molecule has 4 N–H and O–H groups in total. The maximum atomic E-state index is 11.9. The molecule has 0 fully saturated rings. The van der Waals surface area contributed by atoms with E-state index in [-0.39, 0.29) is 17.3 Å². The number of carbonyl (C=O) groups excluding carboxylic acids is 1. The van der Waals surface area contributed by atoms with Crippen LogP contribution in [0.4, 0.5) is 5.82 Å². The smallest absolute Gasteiger partial charge is 0.252 e. The van der Waals surface area contributed by atoms with Crippen LogP contribution in [0.15, 0.2) is 23.3 Å². The van der Waals surface area contributed by atoms with Gasteiger partial charge in [-0.25, -0.2) is 4.98 Å². The highest BCUT2D eigenvalue weighted by Gasteiger charge is 2.15. The van der Waals surface area contributed by atoms with E-state index in [2.05, 4.69) is 20.4 Å². The number of anilines is 1. The molecule has 1 amide bonds. The minimum absolute atomic E-state index is 0.152. The molecule has 0 aliphatic rings. The Kier molecular flexibility index (Phi) is 4.59. The summed E-state index contributed by atoms with van der Waals surface area (Å²) in [4.78, 5) is 29.7. The molecule has 2 aromatic heterocycles. The van der Waals surface area contributed by atoms with E-state index in [9.17, 15) is 9.59 Å². The average molecular weight is 311 g/mol. The lowest BCUT2D eigenvalue weighted by Gasteiger charge is -2.12. The molecule has 8 nitrogen and oxygen atoms in total. The van der Waals surface area contributed by atoms with Gasteiger partial charge in [-0.2, -0.15) is 5.10 Å². The first kappa shape index (κ1) is 15.0. The predicted molar refractivity (Wildman–Crippen MR) is 77.9 cm³/mol. The van der Waals surface area contributed by atoms with Crippen molar-refractivity contribution in [1.82, 2.24) is 25.1 Å². The third-order valence-corrected chi connectivity index (χ3v) is 3.01. The van der Waals surface area contributed by atoms with Crippen LogP contribution in [-0.4, -0.2) is 32.2 Å². The molecule has 0 aromatic carbocycles. The van der Waals surface area contributed by atoms with Crippen LogP contribution in [0.25, 0.3) is 0 Å². The molecular weight excluding hydrogens is 296 g/mol. The Morgan fingerprint density at radius 2 is 2.38 bits per heavy atom. The number of nitrogens with two attached hydrogens (primary N) is 1. The van der Waals surface area contributed by atoms with Crippen molar-refractivity contribution in [3.05, 3.63) is 39.7 Å². The number of hydrogen-bond donors (Lipinski definition) is 3. The Morgan fingerprint density at radius 3 is 3.00 bits per heavy atom. The molecule has 112 valence electrons. The summed E-state index contributed by atoms with van der Waals surface area (Å²) >= 11 is 5.75. The maximum Gasteiger partial charge on any atom is 0.252 e. The second-order valence-electron chi connectivity index (χ2n) is 4.47. The number of nitrogen functional groups attached to an aromatic ring is 1. The number of halogens is 1. The van der Waals surface area contributed by atoms with E-state index in [1.165, 1.54) is 16.9 Å². The van der Waals surface area contributed by atoms with Crippen molar-refractivity contribution in [3.63, 3.8) is 0 Å². The van der Waals surface area contributed by atoms with E-state index in [1.807, 2.05) is 0 Å². The molecule has 2 heterocycles. The van der Waals surface area contributed by atoms with Crippen LogP contribution >= 0.6 is 11.6 Å². The highest BCUT2D eigenvalue weighted by atomic mass is 35.5. The van der Waals surface area contributed by atoms with Crippen LogP contribution in [0.1, 0.15) is 18.8 Å². The topological polar surface area (TPSA) is 119 Å². The molecule has 0 saturated heterocycles. The van der Waals surface area contributed by atoms with E-state index in [0.29, 0.717) is 23.8 Å². The van der Waals surface area contributed by atoms with Crippen LogP contribution in [0.2, 0.25) is 5.02 Å². The van der Waals surface area contributed by atoms with Gasteiger partial charge < -0.3 is 16.0 Å². The Bertz CT molecular complexity index is 695. The van der Waals surface area contributed by atoms with Gasteiger partial charge in [0.05, 0.1) is 11.2 Å². The van der Waals surface area contributed by atoms with E-state index >= 15 is 0 Å². The SMILES string of the molecule is C[C@H](C(=O)NCCc1nc(N)cc(=O)[nH]1)n1cc(Cl)cn1. The molecule has 0 saturated carbocycles. The number of carbonyl (C=O) groups is 1. The predicted octanol–water partition coefficient (Wildman–Crippen LogP) is 0.122. The van der Waals surface area contributed by atoms with Gasteiger partial charge in [-0.3, -0.25) is 14.3 Å². The van der Waals surface area contributed by atoms with Gasteiger partial charge in [0.1, 0.15) is 17.7 Å². The molecule has 0 aliphatic carbocycles. The van der Waals surface area contributed by atoms with E-state index in [0.717, 1.165) is 0 Å². The molecule has 0 spiro atoms. The van der Waals surface area contributed by atoms with Crippen molar-refractivity contribution in [1.29, 1.82) is 0 Å². The van der Waals surface area contributed by atoms with Crippen molar-refractivity contribution in [2.45, 2.75) is 19.4 Å². The fourth-order valence-electron chi connectivity index (χ4n) is 1.75. The highest BCUT2D eigenvalue weighted by Crippen LogP contribution is 2.10. The van der Waals surface area contributed by atoms with Crippen LogP contribution < -0.4 is 16.6 Å². The number of nitrogens with zero attached hydrogens (tertiary/aromatic N) is 3. The fraction of sp³-hybridized carbons (Fsp3) is 0.333. The quantitative estimate of drug-likeness (QED) is 0.725. The van der Waals surface area contributed by atoms with Gasteiger partial charge in [0.15, 0.2) is 0 Å². The fourth-order valence-corrected chi connectivity index (χ4v) is 1.89. The number of rotatable bonds is 5. The van der Waals surface area contributed by atoms with Gasteiger partial charge in [0, 0.05) is 25.2 Å². The maximum absolute atomic E-state index is 11.9. The van der Waals surface area contributed by atoms with Crippen LogP contribution in [0, 0.1) is 0 Å². The zero-order valence-electron chi connectivity index (χ0n) is 11.3. The summed E-state index contributed by atoms with van der Waals surface area (Å²) in [7, 11) is 0. The van der Waals surface area contributed by atoms with Gasteiger partial charge in [-0.05, 0) is 6.92 Å². The summed E-state index contributed by atoms with van der Waals surface area (Å²) < 4.78 is 1.47. The highest BCUT2D eigenvalue weighted by molar-refractivity contribution is 6.30. The zero-order valence-corrected chi connectivity index (χ0v) is 12.1. The molecule has 2 aromatic rings. The standard InChI is InChI=1S/C12H15ClN6O2/c1-7(19-6-8(13)5-16-19)12(21)15-3-2-10-17-9(14)4-11(20)18-10/h4-7H,2-3H2,1H3,(H,15,21)(H3,14,17,18,20)/t7-/m1/s1. The average Bonchev–Trinajstić information content (AvgIpc) is 2.83. The monoisotopic (exact) mass is 310 g/mol. The lowest BCUT2D eigenvalue weighted by Crippen LogP contribution is -2.33. The van der Waals surface area contributed by atoms with Gasteiger partial charge in [-0.1, -0.05) is 11.6 Å². The summed E-state index contributed by atoms with van der Waals surface area (Å²) in [5, 5.41) is 7.17. The third-order valence-electron chi connectivity index (χ3n) is 2.82. The Labute approximate surface area is 125 Å². The largest absolute Gasteiger partial charge is 0.383 e. The molecule has 0 unspecified atom stereocenters. The molecule has 0 bridgehead atoms. The summed E-state index contributed by atoms with van der Waals surface area (Å²) in [5.74, 6) is 0.371. The van der Waals surface area contributed by atoms with Crippen LogP contribution in [0.3, 0.4) is 0 Å². The summed E-state index contributed by atoms with van der Waals surface area (Å²) in [5.41, 5.74) is 5.16.